The monoisotopic (exact) mass is 614 g/mol. The third-order valence-electron chi connectivity index (χ3n) is 9.47. The number of benzene rings is 6. The van der Waals surface area contributed by atoms with Crippen LogP contribution in [0.25, 0.3) is 88.7 Å². The van der Waals surface area contributed by atoms with Crippen LogP contribution in [0.5, 0.6) is 0 Å². The van der Waals surface area contributed by atoms with E-state index in [0.29, 0.717) is 0 Å². The molecule has 0 N–H and O–H groups in total. The highest BCUT2D eigenvalue weighted by Gasteiger charge is 2.29. The summed E-state index contributed by atoms with van der Waals surface area (Å²) in [6.07, 6.45) is 2.11. The molecule has 4 aromatic heterocycles. The number of aromatic nitrogens is 3. The highest BCUT2D eigenvalue weighted by Crippen LogP contribution is 2.45. The molecule has 0 spiro atoms. The third kappa shape index (κ3) is 3.90. The van der Waals surface area contributed by atoms with Crippen LogP contribution in [0.15, 0.2) is 174 Å². The predicted octanol–water partition coefficient (Wildman–Crippen LogP) is 10.8. The molecule has 10 aromatic rings. The maximum absolute atomic E-state index is 6.90. The lowest BCUT2D eigenvalue weighted by atomic mass is 9.91. The van der Waals surface area contributed by atoms with Crippen LogP contribution in [0.3, 0.4) is 0 Å². The number of hydrogen-bond donors (Lipinski definition) is 0. The zero-order valence-electron chi connectivity index (χ0n) is 25.9. The topological polar surface area (TPSA) is 35.1 Å². The van der Waals surface area contributed by atoms with Gasteiger partial charge in [0.05, 0.1) is 28.5 Å². The van der Waals surface area contributed by atoms with Gasteiger partial charge >= 0.3 is 5.65 Å². The van der Waals surface area contributed by atoms with Gasteiger partial charge in [0.15, 0.2) is 17.0 Å². The number of fused-ring (bicyclic) bond motifs is 7. The molecular formula is C44H28N3O+. The molecule has 0 radical (unpaired) electrons. The molecule has 4 heterocycles. The van der Waals surface area contributed by atoms with Crippen LogP contribution >= 0.6 is 0 Å². The fourth-order valence-corrected chi connectivity index (χ4v) is 7.46. The molecule has 0 amide bonds. The minimum atomic E-state index is 0.840. The number of nitrogens with zero attached hydrogens (tertiary/aromatic N) is 3. The Balaban J connectivity index is 1.35. The van der Waals surface area contributed by atoms with E-state index < -0.39 is 0 Å². The average molecular weight is 615 g/mol. The largest absolute Gasteiger partial charge is 0.454 e. The third-order valence-corrected chi connectivity index (χ3v) is 9.47. The van der Waals surface area contributed by atoms with Crippen molar-refractivity contribution in [3.63, 3.8) is 0 Å². The summed E-state index contributed by atoms with van der Waals surface area (Å²) < 4.78 is 11.4. The summed E-state index contributed by atoms with van der Waals surface area (Å²) in [5.74, 6) is 0. The Bertz CT molecular complexity index is 2780. The number of pyridine rings is 1. The van der Waals surface area contributed by atoms with E-state index in [1.165, 1.54) is 10.8 Å². The predicted molar refractivity (Wildman–Crippen MR) is 195 cm³/mol. The van der Waals surface area contributed by atoms with Crippen molar-refractivity contribution >= 4 is 49.4 Å². The second-order valence-corrected chi connectivity index (χ2v) is 12.1. The van der Waals surface area contributed by atoms with Gasteiger partial charge in [0.25, 0.3) is 0 Å². The van der Waals surface area contributed by atoms with Gasteiger partial charge in [-0.15, -0.1) is 0 Å². The Morgan fingerprint density at radius 1 is 0.521 bits per heavy atom. The number of hydrogen-bond acceptors (Lipinski definition) is 2. The van der Waals surface area contributed by atoms with Gasteiger partial charge in [-0.05, 0) is 35.3 Å². The van der Waals surface area contributed by atoms with Gasteiger partial charge in [0, 0.05) is 44.3 Å². The van der Waals surface area contributed by atoms with Crippen molar-refractivity contribution in [3.05, 3.63) is 170 Å². The first-order valence-electron chi connectivity index (χ1n) is 16.2. The fourth-order valence-electron chi connectivity index (χ4n) is 7.46. The maximum Gasteiger partial charge on any atom is 0.328 e. The number of furan rings is 1. The Morgan fingerprint density at radius 2 is 1.15 bits per heavy atom. The Labute approximate surface area is 276 Å². The number of para-hydroxylation sites is 3. The molecule has 0 aliphatic carbocycles. The first-order valence-corrected chi connectivity index (χ1v) is 16.2. The molecule has 0 saturated carbocycles. The van der Waals surface area contributed by atoms with Gasteiger partial charge in [-0.25, -0.2) is 0 Å². The Hall–Kier alpha value is -6.52. The Kier molecular flexibility index (Phi) is 5.84. The minimum absolute atomic E-state index is 0.840. The smallest absolute Gasteiger partial charge is 0.328 e. The van der Waals surface area contributed by atoms with Crippen molar-refractivity contribution in [1.29, 1.82) is 0 Å². The summed E-state index contributed by atoms with van der Waals surface area (Å²) in [5, 5.41) is 4.58. The highest BCUT2D eigenvalue weighted by molar-refractivity contribution is 6.17. The van der Waals surface area contributed by atoms with Crippen molar-refractivity contribution in [2.24, 2.45) is 0 Å². The second-order valence-electron chi connectivity index (χ2n) is 12.1. The SMILES string of the molecule is c1ccc(-c2nc3cccc[n+]3c(-c3ccccc3)c2-c2cccc3oc4c(-n5c6ccccc6c6ccccc65)cccc4c23)cc1. The molecule has 0 unspecified atom stereocenters. The highest BCUT2D eigenvalue weighted by atomic mass is 16.3. The van der Waals surface area contributed by atoms with Crippen molar-refractivity contribution in [3.8, 4) is 39.3 Å². The molecule has 0 atom stereocenters. The molecule has 48 heavy (non-hydrogen) atoms. The fraction of sp³-hybridized carbons (Fsp3) is 0. The quantitative estimate of drug-likeness (QED) is 0.185. The van der Waals surface area contributed by atoms with Gasteiger partial charge in [-0.3, -0.25) is 0 Å². The molecule has 10 rings (SSSR count). The van der Waals surface area contributed by atoms with Crippen molar-refractivity contribution in [1.82, 2.24) is 9.55 Å². The van der Waals surface area contributed by atoms with E-state index in [-0.39, 0.29) is 0 Å². The molecule has 224 valence electrons. The lowest BCUT2D eigenvalue weighted by Crippen LogP contribution is -2.27. The van der Waals surface area contributed by atoms with E-state index in [9.17, 15) is 0 Å². The first-order chi connectivity index (χ1) is 23.8. The van der Waals surface area contributed by atoms with Crippen LogP contribution in [-0.2, 0) is 0 Å². The van der Waals surface area contributed by atoms with Crippen LogP contribution in [0.4, 0.5) is 0 Å². The average Bonchev–Trinajstić information content (AvgIpc) is 3.71. The molecule has 0 aliphatic rings. The van der Waals surface area contributed by atoms with E-state index in [4.69, 9.17) is 9.40 Å². The van der Waals surface area contributed by atoms with E-state index in [1.54, 1.807) is 0 Å². The van der Waals surface area contributed by atoms with E-state index in [2.05, 4.69) is 173 Å². The molecule has 0 bridgehead atoms. The zero-order valence-corrected chi connectivity index (χ0v) is 25.9. The molecule has 4 heteroatoms. The van der Waals surface area contributed by atoms with Crippen molar-refractivity contribution < 1.29 is 8.82 Å². The van der Waals surface area contributed by atoms with Crippen molar-refractivity contribution in [2.75, 3.05) is 0 Å². The molecule has 4 nitrogen and oxygen atoms in total. The van der Waals surface area contributed by atoms with E-state index >= 15 is 0 Å². The summed E-state index contributed by atoms with van der Waals surface area (Å²) in [6, 6.07) is 57.5. The van der Waals surface area contributed by atoms with Crippen LogP contribution < -0.4 is 4.40 Å². The zero-order chi connectivity index (χ0) is 31.6. The minimum Gasteiger partial charge on any atom is -0.454 e. The summed E-state index contributed by atoms with van der Waals surface area (Å²) in [5.41, 5.74) is 12.2. The van der Waals surface area contributed by atoms with Crippen LogP contribution in [0, 0.1) is 0 Å². The summed E-state index contributed by atoms with van der Waals surface area (Å²) in [4.78, 5) is 5.33. The molecule has 0 fully saturated rings. The molecule has 6 aromatic carbocycles. The maximum atomic E-state index is 6.90. The lowest BCUT2D eigenvalue weighted by Gasteiger charge is -2.14. The summed E-state index contributed by atoms with van der Waals surface area (Å²) >= 11 is 0. The molecule has 0 aliphatic heterocycles. The normalized spacial score (nSPS) is 11.8. The van der Waals surface area contributed by atoms with Gasteiger partial charge in [-0.1, -0.05) is 127 Å². The first kappa shape index (κ1) is 26.7. The van der Waals surface area contributed by atoms with Gasteiger partial charge < -0.3 is 8.98 Å². The molecule has 0 saturated heterocycles. The van der Waals surface area contributed by atoms with E-state index in [1.807, 2.05) is 6.07 Å². The van der Waals surface area contributed by atoms with Gasteiger partial charge in [-0.2, -0.15) is 4.40 Å². The van der Waals surface area contributed by atoms with Crippen LogP contribution in [0.1, 0.15) is 0 Å². The summed E-state index contributed by atoms with van der Waals surface area (Å²) in [7, 11) is 0. The second kappa shape index (κ2) is 10.5. The van der Waals surface area contributed by atoms with Crippen molar-refractivity contribution in [2.45, 2.75) is 0 Å². The van der Waals surface area contributed by atoms with Gasteiger partial charge in [0.1, 0.15) is 5.58 Å². The van der Waals surface area contributed by atoms with Crippen LogP contribution in [-0.4, -0.2) is 9.55 Å². The summed E-state index contributed by atoms with van der Waals surface area (Å²) in [6.45, 7) is 0. The number of rotatable bonds is 4. The Morgan fingerprint density at radius 3 is 1.90 bits per heavy atom. The van der Waals surface area contributed by atoms with Gasteiger partial charge in [0.2, 0.25) is 0 Å². The van der Waals surface area contributed by atoms with Crippen LogP contribution in [0.2, 0.25) is 0 Å². The van der Waals surface area contributed by atoms with E-state index in [0.717, 1.165) is 77.9 Å². The molecular weight excluding hydrogens is 587 g/mol. The lowest BCUT2D eigenvalue weighted by molar-refractivity contribution is -0.501. The standard InChI is InChI=1S/C44H28N3O/c1-3-15-29(16-4-1)42-41(43(30-17-5-2-6-18-30)46-28-12-11-27-39(46)45-42)33-21-14-26-38-40(33)34-22-13-25-37(44(34)48-38)47-35-23-9-7-19-31(35)32-20-8-10-24-36(32)47/h1-28H/q+1.